The maximum atomic E-state index is 7.57. The summed E-state index contributed by atoms with van der Waals surface area (Å²) in [5.41, 5.74) is 8.24. The molecule has 0 aromatic heterocycles. The fourth-order valence-corrected chi connectivity index (χ4v) is 1.89. The molecule has 0 spiro atoms. The van der Waals surface area contributed by atoms with E-state index in [1.165, 1.54) is 0 Å². The second-order valence-corrected chi connectivity index (χ2v) is 4.55. The Labute approximate surface area is 118 Å². The Balaban J connectivity index is 2.17. The number of nitrogens with one attached hydrogen (secondary N) is 1. The molecule has 20 heavy (non-hydrogen) atoms. The van der Waals surface area contributed by atoms with Crippen LogP contribution in [0.15, 0.2) is 42.5 Å². The van der Waals surface area contributed by atoms with E-state index in [4.69, 9.17) is 20.6 Å². The van der Waals surface area contributed by atoms with E-state index >= 15 is 0 Å². The molecule has 0 saturated carbocycles. The largest absolute Gasteiger partial charge is 0.497 e. The minimum absolute atomic E-state index is 0.00522. The van der Waals surface area contributed by atoms with Crippen molar-refractivity contribution in [3.05, 3.63) is 59.2 Å². The molecule has 0 aliphatic heterocycles. The van der Waals surface area contributed by atoms with Gasteiger partial charge in [-0.3, -0.25) is 5.41 Å². The number of aryl methyl sites for hydroxylation is 1. The van der Waals surface area contributed by atoms with Gasteiger partial charge in [-0.05, 0) is 42.3 Å². The Kier molecular flexibility index (Phi) is 4.25. The molecule has 0 radical (unpaired) electrons. The van der Waals surface area contributed by atoms with Crippen molar-refractivity contribution >= 4 is 5.84 Å². The first-order valence-electron chi connectivity index (χ1n) is 6.31. The molecule has 0 heterocycles. The molecule has 4 heteroatoms. The number of rotatable bonds is 5. The molecule has 0 bridgehead atoms. The Morgan fingerprint density at radius 2 is 2.00 bits per heavy atom. The average Bonchev–Trinajstić information content (AvgIpc) is 2.45. The minimum Gasteiger partial charge on any atom is -0.497 e. The summed E-state index contributed by atoms with van der Waals surface area (Å²) in [6, 6.07) is 13.3. The van der Waals surface area contributed by atoms with Crippen molar-refractivity contribution in [1.29, 1.82) is 5.41 Å². The molecular formula is C16H18N2O2. The summed E-state index contributed by atoms with van der Waals surface area (Å²) in [7, 11) is 1.63. The van der Waals surface area contributed by atoms with Crippen molar-refractivity contribution in [3.8, 4) is 11.5 Å². The molecule has 2 aromatic rings. The zero-order chi connectivity index (χ0) is 14.5. The van der Waals surface area contributed by atoms with Gasteiger partial charge in [0.2, 0.25) is 0 Å². The quantitative estimate of drug-likeness (QED) is 0.648. The van der Waals surface area contributed by atoms with Crippen LogP contribution in [0.3, 0.4) is 0 Å². The lowest BCUT2D eigenvalue weighted by Gasteiger charge is -2.12. The Morgan fingerprint density at radius 1 is 1.20 bits per heavy atom. The number of hydrogen-bond donors (Lipinski definition) is 2. The van der Waals surface area contributed by atoms with Crippen LogP contribution >= 0.6 is 0 Å². The van der Waals surface area contributed by atoms with Gasteiger partial charge in [-0.2, -0.15) is 0 Å². The van der Waals surface area contributed by atoms with Crippen LogP contribution in [0, 0.1) is 12.3 Å². The van der Waals surface area contributed by atoms with Crippen LogP contribution in [0.5, 0.6) is 11.5 Å². The van der Waals surface area contributed by atoms with E-state index in [1.54, 1.807) is 13.2 Å². The van der Waals surface area contributed by atoms with Gasteiger partial charge in [-0.1, -0.05) is 18.2 Å². The van der Waals surface area contributed by atoms with Gasteiger partial charge in [0.05, 0.1) is 12.7 Å². The van der Waals surface area contributed by atoms with Crippen molar-refractivity contribution in [2.75, 3.05) is 7.11 Å². The lowest BCUT2D eigenvalue weighted by Crippen LogP contribution is -2.13. The van der Waals surface area contributed by atoms with Gasteiger partial charge in [-0.25, -0.2) is 0 Å². The second kappa shape index (κ2) is 6.10. The fourth-order valence-electron chi connectivity index (χ4n) is 1.89. The average molecular weight is 270 g/mol. The molecule has 2 rings (SSSR count). The molecule has 0 atom stereocenters. The third-order valence-electron chi connectivity index (χ3n) is 2.96. The monoisotopic (exact) mass is 270 g/mol. The van der Waals surface area contributed by atoms with Crippen molar-refractivity contribution in [2.24, 2.45) is 5.73 Å². The summed E-state index contributed by atoms with van der Waals surface area (Å²) < 4.78 is 11.0. The lowest BCUT2D eigenvalue weighted by molar-refractivity contribution is 0.304. The van der Waals surface area contributed by atoms with Gasteiger partial charge in [0.15, 0.2) is 0 Å². The van der Waals surface area contributed by atoms with Crippen LogP contribution in [0.25, 0.3) is 0 Å². The van der Waals surface area contributed by atoms with Gasteiger partial charge in [0.1, 0.15) is 23.9 Å². The summed E-state index contributed by atoms with van der Waals surface area (Å²) >= 11 is 0. The molecule has 3 N–H and O–H groups in total. The number of ether oxygens (including phenoxy) is 2. The standard InChI is InChI=1S/C16H18N2O2/c1-11-6-7-14(16(17)18)15(8-11)20-10-12-4-3-5-13(9-12)19-2/h3-9H,10H2,1-2H3,(H3,17,18). The normalized spacial score (nSPS) is 10.1. The van der Waals surface area contributed by atoms with Crippen LogP contribution in [-0.2, 0) is 6.61 Å². The van der Waals surface area contributed by atoms with Gasteiger partial charge in [0.25, 0.3) is 0 Å². The van der Waals surface area contributed by atoms with E-state index in [-0.39, 0.29) is 5.84 Å². The van der Waals surface area contributed by atoms with Crippen molar-refractivity contribution in [3.63, 3.8) is 0 Å². The highest BCUT2D eigenvalue weighted by Gasteiger charge is 2.07. The maximum Gasteiger partial charge on any atom is 0.130 e. The van der Waals surface area contributed by atoms with E-state index in [0.717, 1.165) is 16.9 Å². The second-order valence-electron chi connectivity index (χ2n) is 4.55. The van der Waals surface area contributed by atoms with Crippen molar-refractivity contribution in [1.82, 2.24) is 0 Å². The summed E-state index contributed by atoms with van der Waals surface area (Å²) in [6.45, 7) is 2.38. The number of benzene rings is 2. The first kappa shape index (κ1) is 13.9. The fraction of sp³-hybridized carbons (Fsp3) is 0.188. The molecular weight excluding hydrogens is 252 g/mol. The van der Waals surface area contributed by atoms with Gasteiger partial charge in [-0.15, -0.1) is 0 Å². The third-order valence-corrected chi connectivity index (χ3v) is 2.96. The highest BCUT2D eigenvalue weighted by molar-refractivity contribution is 5.97. The number of hydrogen-bond acceptors (Lipinski definition) is 3. The van der Waals surface area contributed by atoms with E-state index < -0.39 is 0 Å². The third kappa shape index (κ3) is 3.29. The summed E-state index contributed by atoms with van der Waals surface area (Å²) in [6.07, 6.45) is 0. The molecule has 0 aliphatic rings. The smallest absolute Gasteiger partial charge is 0.130 e. The SMILES string of the molecule is COc1cccc(COc2cc(C)ccc2C(=N)N)c1. The zero-order valence-electron chi connectivity index (χ0n) is 11.6. The number of amidine groups is 1. The highest BCUT2D eigenvalue weighted by atomic mass is 16.5. The minimum atomic E-state index is 0.00522. The van der Waals surface area contributed by atoms with Crippen molar-refractivity contribution in [2.45, 2.75) is 13.5 Å². The first-order chi connectivity index (χ1) is 9.60. The van der Waals surface area contributed by atoms with E-state index in [1.807, 2.05) is 43.3 Å². The predicted molar refractivity (Wildman–Crippen MR) is 79.5 cm³/mol. The number of nitrogen functional groups attached to an aromatic ring is 1. The molecule has 0 amide bonds. The Bertz CT molecular complexity index is 624. The van der Waals surface area contributed by atoms with Crippen LogP contribution in [0.2, 0.25) is 0 Å². The van der Waals surface area contributed by atoms with Crippen LogP contribution in [-0.4, -0.2) is 12.9 Å². The lowest BCUT2D eigenvalue weighted by atomic mass is 10.1. The zero-order valence-corrected chi connectivity index (χ0v) is 11.6. The molecule has 4 nitrogen and oxygen atoms in total. The highest BCUT2D eigenvalue weighted by Crippen LogP contribution is 2.22. The molecule has 104 valence electrons. The van der Waals surface area contributed by atoms with Gasteiger partial charge >= 0.3 is 0 Å². The molecule has 0 fully saturated rings. The molecule has 0 unspecified atom stereocenters. The summed E-state index contributed by atoms with van der Waals surface area (Å²) in [5.74, 6) is 1.42. The Hall–Kier alpha value is -2.49. The summed E-state index contributed by atoms with van der Waals surface area (Å²) in [5, 5.41) is 7.57. The molecule has 0 aliphatic carbocycles. The Morgan fingerprint density at radius 3 is 2.70 bits per heavy atom. The van der Waals surface area contributed by atoms with Crippen LogP contribution in [0.1, 0.15) is 16.7 Å². The predicted octanol–water partition coefficient (Wildman–Crippen LogP) is 2.87. The van der Waals surface area contributed by atoms with E-state index in [2.05, 4.69) is 0 Å². The van der Waals surface area contributed by atoms with Crippen LogP contribution in [0.4, 0.5) is 0 Å². The summed E-state index contributed by atoms with van der Waals surface area (Å²) in [4.78, 5) is 0. The topological polar surface area (TPSA) is 68.3 Å². The molecule has 0 saturated heterocycles. The molecule has 2 aromatic carbocycles. The number of methoxy groups -OCH3 is 1. The van der Waals surface area contributed by atoms with E-state index in [9.17, 15) is 0 Å². The van der Waals surface area contributed by atoms with Crippen LogP contribution < -0.4 is 15.2 Å². The maximum absolute atomic E-state index is 7.57. The van der Waals surface area contributed by atoms with Gasteiger partial charge in [0, 0.05) is 0 Å². The number of nitrogens with two attached hydrogens (primary N) is 1. The van der Waals surface area contributed by atoms with Crippen molar-refractivity contribution < 1.29 is 9.47 Å². The van der Waals surface area contributed by atoms with E-state index in [0.29, 0.717) is 17.9 Å². The first-order valence-corrected chi connectivity index (χ1v) is 6.31. The van der Waals surface area contributed by atoms with Gasteiger partial charge < -0.3 is 15.2 Å².